The van der Waals surface area contributed by atoms with Gasteiger partial charge in [0.05, 0.1) is 0 Å². The van der Waals surface area contributed by atoms with E-state index in [0.29, 0.717) is 5.56 Å². The highest BCUT2D eigenvalue weighted by Gasteiger charge is 2.23. The molecule has 2 rings (SSSR count). The first kappa shape index (κ1) is 16.7. The summed E-state index contributed by atoms with van der Waals surface area (Å²) in [6, 6.07) is 17.5. The van der Waals surface area contributed by atoms with Crippen molar-refractivity contribution < 1.29 is 14.7 Å². The molecule has 23 heavy (non-hydrogen) atoms. The number of amides is 1. The molecular weight excluding hydrogens is 290 g/mol. The Hall–Kier alpha value is -2.62. The zero-order valence-corrected chi connectivity index (χ0v) is 13.1. The van der Waals surface area contributed by atoms with Crippen molar-refractivity contribution in [1.82, 2.24) is 5.32 Å². The van der Waals surface area contributed by atoms with E-state index in [4.69, 9.17) is 0 Å². The molecule has 4 heteroatoms. The normalized spacial score (nSPS) is 13.1. The highest BCUT2D eigenvalue weighted by atomic mass is 16.4. The van der Waals surface area contributed by atoms with Crippen LogP contribution in [0.3, 0.4) is 0 Å². The van der Waals surface area contributed by atoms with E-state index in [0.717, 1.165) is 12.0 Å². The first-order valence-corrected chi connectivity index (χ1v) is 7.74. The molecule has 0 saturated heterocycles. The highest BCUT2D eigenvalue weighted by molar-refractivity contribution is 5.84. The number of carbonyl (C=O) groups excluding carboxylic acids is 1. The number of aliphatic carboxylic acids is 1. The van der Waals surface area contributed by atoms with Crippen LogP contribution < -0.4 is 5.32 Å². The fourth-order valence-electron chi connectivity index (χ4n) is 2.60. The number of benzene rings is 2. The molecular formula is C19H21NO3. The molecule has 0 heterocycles. The Morgan fingerprint density at radius 2 is 1.48 bits per heavy atom. The van der Waals surface area contributed by atoms with Gasteiger partial charge in [-0.05, 0) is 23.5 Å². The Bertz CT molecular complexity index is 640. The molecule has 0 fully saturated rings. The third kappa shape index (κ3) is 4.68. The zero-order chi connectivity index (χ0) is 16.7. The molecule has 2 aromatic rings. The molecule has 2 N–H and O–H groups in total. The molecule has 2 atom stereocenters. The third-order valence-corrected chi connectivity index (χ3v) is 3.88. The van der Waals surface area contributed by atoms with E-state index in [1.165, 1.54) is 0 Å². The van der Waals surface area contributed by atoms with Crippen molar-refractivity contribution >= 4 is 11.9 Å². The van der Waals surface area contributed by atoms with Crippen LogP contribution in [-0.4, -0.2) is 17.0 Å². The Balaban J connectivity index is 2.06. The SMILES string of the molecule is CCC(CC(=O)N[C@H](C(=O)O)c1ccccc1)c1ccccc1. The van der Waals surface area contributed by atoms with Crippen LogP contribution in [0.2, 0.25) is 0 Å². The Morgan fingerprint density at radius 3 is 1.96 bits per heavy atom. The molecule has 4 nitrogen and oxygen atoms in total. The third-order valence-electron chi connectivity index (χ3n) is 3.88. The predicted octanol–water partition coefficient (Wildman–Crippen LogP) is 3.51. The van der Waals surface area contributed by atoms with Gasteiger partial charge in [0.15, 0.2) is 6.04 Å². The zero-order valence-electron chi connectivity index (χ0n) is 13.1. The van der Waals surface area contributed by atoms with Gasteiger partial charge < -0.3 is 10.4 Å². The lowest BCUT2D eigenvalue weighted by molar-refractivity contribution is -0.142. The summed E-state index contributed by atoms with van der Waals surface area (Å²) in [6.07, 6.45) is 1.09. The van der Waals surface area contributed by atoms with Gasteiger partial charge >= 0.3 is 5.97 Å². The van der Waals surface area contributed by atoms with Crippen LogP contribution in [0.1, 0.15) is 42.9 Å². The van der Waals surface area contributed by atoms with Gasteiger partial charge in [0.1, 0.15) is 0 Å². The minimum atomic E-state index is -1.06. The van der Waals surface area contributed by atoms with Gasteiger partial charge in [0.2, 0.25) is 5.91 Å². The molecule has 0 aliphatic carbocycles. The molecule has 0 spiro atoms. The van der Waals surface area contributed by atoms with Crippen molar-refractivity contribution in [2.24, 2.45) is 0 Å². The van der Waals surface area contributed by atoms with Crippen LogP contribution in [0, 0.1) is 0 Å². The van der Waals surface area contributed by atoms with E-state index < -0.39 is 12.0 Å². The summed E-state index contributed by atoms with van der Waals surface area (Å²) in [4.78, 5) is 23.7. The number of carboxylic acid groups (broad SMARTS) is 1. The molecule has 2 aromatic carbocycles. The van der Waals surface area contributed by atoms with Crippen molar-refractivity contribution in [1.29, 1.82) is 0 Å². The van der Waals surface area contributed by atoms with E-state index in [9.17, 15) is 14.7 Å². The molecule has 120 valence electrons. The van der Waals surface area contributed by atoms with Crippen LogP contribution in [0.15, 0.2) is 60.7 Å². The minimum absolute atomic E-state index is 0.0846. The minimum Gasteiger partial charge on any atom is -0.479 e. The smallest absolute Gasteiger partial charge is 0.330 e. The van der Waals surface area contributed by atoms with Crippen molar-refractivity contribution in [3.8, 4) is 0 Å². The number of rotatable bonds is 7. The molecule has 0 saturated carbocycles. The van der Waals surface area contributed by atoms with Gasteiger partial charge in [-0.1, -0.05) is 67.6 Å². The second-order valence-corrected chi connectivity index (χ2v) is 5.47. The lowest BCUT2D eigenvalue weighted by atomic mass is 9.93. The van der Waals surface area contributed by atoms with Crippen LogP contribution in [0.25, 0.3) is 0 Å². The van der Waals surface area contributed by atoms with E-state index in [1.54, 1.807) is 24.3 Å². The molecule has 0 aromatic heterocycles. The average molecular weight is 311 g/mol. The lowest BCUT2D eigenvalue weighted by Crippen LogP contribution is -2.34. The van der Waals surface area contributed by atoms with Gasteiger partial charge in [0, 0.05) is 6.42 Å². The maximum atomic E-state index is 12.3. The first-order chi connectivity index (χ1) is 11.1. The van der Waals surface area contributed by atoms with Crippen molar-refractivity contribution in [3.05, 3.63) is 71.8 Å². The summed E-state index contributed by atoms with van der Waals surface area (Å²) in [5.41, 5.74) is 1.66. The topological polar surface area (TPSA) is 66.4 Å². The van der Waals surface area contributed by atoms with Gasteiger partial charge in [-0.15, -0.1) is 0 Å². The Morgan fingerprint density at radius 1 is 0.957 bits per heavy atom. The maximum absolute atomic E-state index is 12.3. The molecule has 0 aliphatic heterocycles. The second-order valence-electron chi connectivity index (χ2n) is 5.47. The van der Waals surface area contributed by atoms with Gasteiger partial charge in [0.25, 0.3) is 0 Å². The van der Waals surface area contributed by atoms with Crippen LogP contribution >= 0.6 is 0 Å². The highest BCUT2D eigenvalue weighted by Crippen LogP contribution is 2.23. The fraction of sp³-hybridized carbons (Fsp3) is 0.263. The summed E-state index contributed by atoms with van der Waals surface area (Å²) < 4.78 is 0. The largest absolute Gasteiger partial charge is 0.479 e. The van der Waals surface area contributed by atoms with E-state index in [-0.39, 0.29) is 18.2 Å². The fourth-order valence-corrected chi connectivity index (χ4v) is 2.60. The number of carboxylic acids is 1. The molecule has 0 aliphatic rings. The van der Waals surface area contributed by atoms with Gasteiger partial charge in [-0.25, -0.2) is 4.79 Å². The first-order valence-electron chi connectivity index (χ1n) is 7.74. The summed E-state index contributed by atoms with van der Waals surface area (Å²) in [7, 11) is 0. The van der Waals surface area contributed by atoms with Crippen LogP contribution in [0.4, 0.5) is 0 Å². The number of carbonyl (C=O) groups is 2. The Labute approximate surface area is 136 Å². The van der Waals surface area contributed by atoms with Gasteiger partial charge in [-0.2, -0.15) is 0 Å². The van der Waals surface area contributed by atoms with Crippen LogP contribution in [0.5, 0.6) is 0 Å². The average Bonchev–Trinajstić information content (AvgIpc) is 2.59. The van der Waals surface area contributed by atoms with Gasteiger partial charge in [-0.3, -0.25) is 4.79 Å². The van der Waals surface area contributed by atoms with Crippen molar-refractivity contribution in [2.75, 3.05) is 0 Å². The van der Waals surface area contributed by atoms with E-state index >= 15 is 0 Å². The second kappa shape index (κ2) is 8.13. The standard InChI is InChI=1S/C19H21NO3/c1-2-14(15-9-5-3-6-10-15)13-17(21)20-18(19(22)23)16-11-7-4-8-12-16/h3-12,14,18H,2,13H2,1H3,(H,20,21)(H,22,23)/t14?,18-/m0/s1. The summed E-state index contributed by atoms with van der Waals surface area (Å²) in [6.45, 7) is 2.02. The number of hydrogen-bond acceptors (Lipinski definition) is 2. The summed E-state index contributed by atoms with van der Waals surface area (Å²) >= 11 is 0. The van der Waals surface area contributed by atoms with Crippen LogP contribution in [-0.2, 0) is 9.59 Å². The summed E-state index contributed by atoms with van der Waals surface area (Å²) in [5, 5.41) is 12.0. The maximum Gasteiger partial charge on any atom is 0.330 e. The molecule has 0 bridgehead atoms. The predicted molar refractivity (Wildman–Crippen MR) is 89.1 cm³/mol. The number of hydrogen-bond donors (Lipinski definition) is 2. The lowest BCUT2D eigenvalue weighted by Gasteiger charge is -2.18. The summed E-state index contributed by atoms with van der Waals surface area (Å²) in [5.74, 6) is -1.23. The van der Waals surface area contributed by atoms with Crippen molar-refractivity contribution in [3.63, 3.8) is 0 Å². The quantitative estimate of drug-likeness (QED) is 0.822. The number of nitrogens with one attached hydrogen (secondary N) is 1. The van der Waals surface area contributed by atoms with E-state index in [2.05, 4.69) is 5.32 Å². The Kier molecular flexibility index (Phi) is 5.92. The monoisotopic (exact) mass is 311 g/mol. The van der Waals surface area contributed by atoms with Crippen molar-refractivity contribution in [2.45, 2.75) is 31.7 Å². The molecule has 0 radical (unpaired) electrons. The van der Waals surface area contributed by atoms with E-state index in [1.807, 2.05) is 43.3 Å². The molecule has 1 amide bonds. The molecule has 1 unspecified atom stereocenters.